The molecular weight excluding hydrogens is 580 g/mol. The molecule has 0 aliphatic carbocycles. The number of likely N-dealkylation sites (tertiary alicyclic amines) is 1. The number of rotatable bonds is 16. The summed E-state index contributed by atoms with van der Waals surface area (Å²) in [6.07, 6.45) is 1.83. The Morgan fingerprint density at radius 2 is 1.58 bits per heavy atom. The molecule has 5 atom stereocenters. The van der Waals surface area contributed by atoms with Gasteiger partial charge in [0.1, 0.15) is 18.1 Å². The predicted octanol–water partition coefficient (Wildman–Crippen LogP) is -0.300. The summed E-state index contributed by atoms with van der Waals surface area (Å²) in [5.41, 5.74) is 17.6. The number of carboxylic acids is 1. The van der Waals surface area contributed by atoms with Crippen LogP contribution in [-0.4, -0.2) is 89.4 Å². The first-order valence-corrected chi connectivity index (χ1v) is 15.5. The Labute approximate surface area is 264 Å². The van der Waals surface area contributed by atoms with Crippen LogP contribution in [0.4, 0.5) is 0 Å². The maximum Gasteiger partial charge on any atom is 0.326 e. The van der Waals surface area contributed by atoms with Crippen LogP contribution in [0.3, 0.4) is 0 Å². The second-order valence-corrected chi connectivity index (χ2v) is 12.2. The number of guanidine groups is 1. The van der Waals surface area contributed by atoms with Crippen LogP contribution in [0.1, 0.15) is 58.9 Å². The minimum absolute atomic E-state index is 0.0861. The minimum atomic E-state index is -1.17. The fourth-order valence-corrected chi connectivity index (χ4v) is 5.15. The summed E-state index contributed by atoms with van der Waals surface area (Å²) in [7, 11) is 0. The van der Waals surface area contributed by atoms with Gasteiger partial charge in [-0.15, -0.1) is 0 Å². The highest BCUT2D eigenvalue weighted by Gasteiger charge is 2.36. The molecular formula is C31H50N8O6. The highest BCUT2D eigenvalue weighted by molar-refractivity contribution is 5.93. The van der Waals surface area contributed by atoms with Gasteiger partial charge in [0.15, 0.2) is 5.96 Å². The highest BCUT2D eigenvalue weighted by Crippen LogP contribution is 2.20. The van der Waals surface area contributed by atoms with Crippen molar-refractivity contribution in [3.05, 3.63) is 35.9 Å². The number of aliphatic carboxylic acids is 1. The highest BCUT2D eigenvalue weighted by atomic mass is 16.4. The van der Waals surface area contributed by atoms with E-state index in [-0.39, 0.29) is 43.2 Å². The molecule has 1 fully saturated rings. The van der Waals surface area contributed by atoms with Crippen LogP contribution < -0.4 is 33.2 Å². The Kier molecular flexibility index (Phi) is 14.7. The molecule has 14 nitrogen and oxygen atoms in total. The second-order valence-electron chi connectivity index (χ2n) is 12.2. The van der Waals surface area contributed by atoms with Crippen molar-refractivity contribution in [2.75, 3.05) is 19.6 Å². The molecule has 0 aromatic heterocycles. The molecule has 10 N–H and O–H groups in total. The number of carbonyl (C=O) groups excluding carboxylic acids is 4. The average Bonchev–Trinajstić information content (AvgIpc) is 2.99. The van der Waals surface area contributed by atoms with Crippen LogP contribution in [0.5, 0.6) is 0 Å². The van der Waals surface area contributed by atoms with Crippen LogP contribution >= 0.6 is 0 Å². The topological polar surface area (TPSA) is 235 Å². The van der Waals surface area contributed by atoms with Gasteiger partial charge < -0.3 is 43.2 Å². The predicted molar refractivity (Wildman–Crippen MR) is 170 cm³/mol. The van der Waals surface area contributed by atoms with E-state index < -0.39 is 53.8 Å². The fraction of sp³-hybridized carbons (Fsp3) is 0.613. The van der Waals surface area contributed by atoms with E-state index in [1.54, 1.807) is 27.7 Å². The number of hydrogen-bond donors (Lipinski definition) is 7. The number of nitrogens with one attached hydrogen (secondary N) is 3. The van der Waals surface area contributed by atoms with E-state index in [2.05, 4.69) is 20.9 Å². The molecule has 0 spiro atoms. The molecule has 0 radical (unpaired) electrons. The van der Waals surface area contributed by atoms with Gasteiger partial charge in [0.25, 0.3) is 0 Å². The summed E-state index contributed by atoms with van der Waals surface area (Å²) in [6, 6.07) is 5.51. The van der Waals surface area contributed by atoms with E-state index in [0.29, 0.717) is 32.2 Å². The molecule has 1 aliphatic heterocycles. The molecule has 2 rings (SSSR count). The van der Waals surface area contributed by atoms with Crippen LogP contribution in [-0.2, 0) is 30.4 Å². The fourth-order valence-electron chi connectivity index (χ4n) is 5.15. The Balaban J connectivity index is 2.03. The Bertz CT molecular complexity index is 1190. The lowest BCUT2D eigenvalue weighted by atomic mass is 9.94. The lowest BCUT2D eigenvalue weighted by Gasteiger charge is -2.36. The third-order valence-electron chi connectivity index (χ3n) is 7.78. The van der Waals surface area contributed by atoms with Gasteiger partial charge in [0.05, 0.1) is 12.0 Å². The standard InChI is InChI=1S/C31H50N8O6/c1-18(2)24(37-27(41)22(32)16-20-10-6-5-7-11-20)28(42)38-25(19(3)4)29(43)39-15-9-12-21(17-39)26(40)36-23(30(44)45)13-8-14-35-31(33)34/h5-7,10-11,18-19,21-25H,8-9,12-17,32H2,1-4H3,(H,36,40)(H,37,41)(H,38,42)(H,44,45)(H4,33,34,35)/t21-,22+,23+,24+,25+/m1/s1. The zero-order valence-electron chi connectivity index (χ0n) is 26.7. The zero-order valence-corrected chi connectivity index (χ0v) is 26.7. The molecule has 1 aliphatic rings. The number of piperidine rings is 1. The van der Waals surface area contributed by atoms with E-state index in [4.69, 9.17) is 17.2 Å². The van der Waals surface area contributed by atoms with Gasteiger partial charge in [-0.05, 0) is 49.5 Å². The van der Waals surface area contributed by atoms with Crippen molar-refractivity contribution in [3.8, 4) is 0 Å². The maximum atomic E-state index is 13.7. The molecule has 250 valence electrons. The number of nitrogens with zero attached hydrogens (tertiary/aromatic N) is 2. The molecule has 1 heterocycles. The van der Waals surface area contributed by atoms with Crippen molar-refractivity contribution >= 4 is 35.6 Å². The summed E-state index contributed by atoms with van der Waals surface area (Å²) in [4.78, 5) is 70.1. The number of hydrogen-bond acceptors (Lipinski definition) is 7. The van der Waals surface area contributed by atoms with Gasteiger partial charge in [-0.2, -0.15) is 0 Å². The maximum absolute atomic E-state index is 13.7. The SMILES string of the molecule is CC(C)[C@H](NC(=O)[C@@H](N)Cc1ccccc1)C(=O)N[C@H](C(=O)N1CCC[C@@H](C(=O)N[C@@H](CCCN=C(N)N)C(=O)O)C1)C(C)C. The van der Waals surface area contributed by atoms with Crippen molar-refractivity contribution in [1.29, 1.82) is 0 Å². The normalized spacial score (nSPS) is 17.5. The van der Waals surface area contributed by atoms with Gasteiger partial charge in [-0.25, -0.2) is 4.79 Å². The van der Waals surface area contributed by atoms with Gasteiger partial charge >= 0.3 is 5.97 Å². The summed E-state index contributed by atoms with van der Waals surface area (Å²) in [6.45, 7) is 7.89. The monoisotopic (exact) mass is 630 g/mol. The quantitative estimate of drug-likeness (QED) is 0.0720. The molecule has 0 unspecified atom stereocenters. The first-order valence-electron chi connectivity index (χ1n) is 15.5. The van der Waals surface area contributed by atoms with Crippen molar-refractivity contribution in [2.24, 2.45) is 39.9 Å². The van der Waals surface area contributed by atoms with E-state index in [9.17, 15) is 29.1 Å². The van der Waals surface area contributed by atoms with Gasteiger partial charge in [0, 0.05) is 19.6 Å². The summed E-state index contributed by atoms with van der Waals surface area (Å²) in [5, 5.41) is 17.7. The van der Waals surface area contributed by atoms with Crippen molar-refractivity contribution in [2.45, 2.75) is 84.0 Å². The molecule has 4 amide bonds. The molecule has 1 saturated heterocycles. The molecule has 45 heavy (non-hydrogen) atoms. The third-order valence-corrected chi connectivity index (χ3v) is 7.78. The Hall–Kier alpha value is -4.20. The minimum Gasteiger partial charge on any atom is -0.480 e. The molecule has 1 aromatic carbocycles. The second kappa shape index (κ2) is 17.9. The number of benzene rings is 1. The van der Waals surface area contributed by atoms with Gasteiger partial charge in [-0.3, -0.25) is 24.2 Å². The number of aliphatic imine (C=N–C) groups is 1. The van der Waals surface area contributed by atoms with E-state index >= 15 is 0 Å². The van der Waals surface area contributed by atoms with Crippen LogP contribution in [0, 0.1) is 17.8 Å². The van der Waals surface area contributed by atoms with Crippen LogP contribution in [0.25, 0.3) is 0 Å². The van der Waals surface area contributed by atoms with Gasteiger partial charge in [0.2, 0.25) is 23.6 Å². The smallest absolute Gasteiger partial charge is 0.326 e. The number of carboxylic acid groups (broad SMARTS) is 1. The Morgan fingerprint density at radius 1 is 0.956 bits per heavy atom. The first-order chi connectivity index (χ1) is 21.2. The van der Waals surface area contributed by atoms with Gasteiger partial charge in [-0.1, -0.05) is 58.0 Å². The van der Waals surface area contributed by atoms with Crippen LogP contribution in [0.2, 0.25) is 0 Å². The first kappa shape index (κ1) is 37.0. The number of amides is 4. The van der Waals surface area contributed by atoms with Crippen molar-refractivity contribution in [3.63, 3.8) is 0 Å². The Morgan fingerprint density at radius 3 is 2.16 bits per heavy atom. The van der Waals surface area contributed by atoms with E-state index in [0.717, 1.165) is 5.56 Å². The lowest BCUT2D eigenvalue weighted by molar-refractivity contribution is -0.145. The van der Waals surface area contributed by atoms with E-state index in [1.807, 2.05) is 30.3 Å². The molecule has 0 bridgehead atoms. The molecule has 1 aromatic rings. The van der Waals surface area contributed by atoms with Crippen LogP contribution in [0.15, 0.2) is 35.3 Å². The molecule has 0 saturated carbocycles. The number of carbonyl (C=O) groups is 5. The zero-order chi connectivity index (χ0) is 33.7. The average molecular weight is 631 g/mol. The van der Waals surface area contributed by atoms with E-state index in [1.165, 1.54) is 4.90 Å². The largest absolute Gasteiger partial charge is 0.480 e. The third kappa shape index (κ3) is 12.0. The lowest BCUT2D eigenvalue weighted by Crippen LogP contribution is -2.60. The summed E-state index contributed by atoms with van der Waals surface area (Å²) >= 11 is 0. The van der Waals surface area contributed by atoms with Crippen molar-refractivity contribution < 1.29 is 29.1 Å². The summed E-state index contributed by atoms with van der Waals surface area (Å²) in [5.74, 6) is -4.24. The van der Waals surface area contributed by atoms with Crippen molar-refractivity contribution in [1.82, 2.24) is 20.9 Å². The number of nitrogens with two attached hydrogens (primary N) is 3. The molecule has 14 heteroatoms. The summed E-state index contributed by atoms with van der Waals surface area (Å²) < 4.78 is 0.